The molecule has 1 unspecified atom stereocenters. The molecule has 0 bridgehead atoms. The Morgan fingerprint density at radius 2 is 2.24 bits per heavy atom. The molecule has 2 aromatic rings. The lowest BCUT2D eigenvalue weighted by Crippen LogP contribution is -2.42. The van der Waals surface area contributed by atoms with E-state index in [2.05, 4.69) is 4.98 Å². The van der Waals surface area contributed by atoms with E-state index in [4.69, 9.17) is 5.11 Å². The van der Waals surface area contributed by atoms with E-state index in [1.807, 2.05) is 5.32 Å². The van der Waals surface area contributed by atoms with E-state index in [-0.39, 0.29) is 0 Å². The minimum absolute atomic E-state index is 0.339. The Bertz CT molecular complexity index is 710. The molecule has 0 fully saturated rings. The molecule has 21 heavy (non-hydrogen) atoms. The van der Waals surface area contributed by atoms with E-state index in [0.717, 1.165) is 10.9 Å². The molecular weight excluding hydrogens is 311 g/mol. The van der Waals surface area contributed by atoms with Crippen molar-refractivity contribution in [1.29, 1.82) is 0 Å². The third kappa shape index (κ3) is 3.58. The van der Waals surface area contributed by atoms with E-state index < -0.39 is 36.8 Å². The van der Waals surface area contributed by atoms with E-state index >= 15 is 0 Å². The first kappa shape index (κ1) is 15.4. The van der Waals surface area contributed by atoms with E-state index in [0.29, 0.717) is 10.2 Å². The van der Waals surface area contributed by atoms with Crippen molar-refractivity contribution < 1.29 is 23.1 Å². The van der Waals surface area contributed by atoms with Crippen molar-refractivity contribution in [1.82, 2.24) is 14.9 Å². The number of aliphatic hydroxyl groups is 1. The second-order valence-corrected chi connectivity index (χ2v) is 5.07. The van der Waals surface area contributed by atoms with Gasteiger partial charge in [0, 0.05) is 0 Å². The summed E-state index contributed by atoms with van der Waals surface area (Å²) >= 11 is 1.26. The number of aromatic nitrogens is 2. The Morgan fingerprint density at radius 3 is 2.90 bits per heavy atom. The molecule has 2 heterocycles. The Morgan fingerprint density at radius 1 is 1.52 bits per heavy atom. The second kappa shape index (κ2) is 5.82. The van der Waals surface area contributed by atoms with Gasteiger partial charge in [-0.1, -0.05) is 0 Å². The molecule has 0 aliphatic heterocycles. The van der Waals surface area contributed by atoms with E-state index in [1.165, 1.54) is 11.3 Å². The molecule has 1 atom stereocenters. The monoisotopic (exact) mass is 321 g/mol. The number of carbonyl (C=O) groups is 1. The maximum absolute atomic E-state index is 12.1. The summed E-state index contributed by atoms with van der Waals surface area (Å²) in [5.41, 5.74) is -0.451. The zero-order chi connectivity index (χ0) is 15.6. The van der Waals surface area contributed by atoms with Gasteiger partial charge < -0.3 is 10.4 Å². The SMILES string of the molecule is O=C(Cn1cnc2sccc2c1=O)NCC(O)C(F)(F)F. The Kier molecular flexibility index (Phi) is 4.28. The molecule has 0 spiro atoms. The van der Waals surface area contributed by atoms with Crippen molar-refractivity contribution in [2.24, 2.45) is 0 Å². The van der Waals surface area contributed by atoms with Gasteiger partial charge in [0.25, 0.3) is 5.56 Å². The van der Waals surface area contributed by atoms with Crippen LogP contribution in [0.3, 0.4) is 0 Å². The first-order chi connectivity index (χ1) is 9.79. The summed E-state index contributed by atoms with van der Waals surface area (Å²) < 4.78 is 37.2. The van der Waals surface area contributed by atoms with Crippen LogP contribution in [0, 0.1) is 0 Å². The predicted octanol–water partition coefficient (Wildman–Crippen LogP) is 0.497. The summed E-state index contributed by atoms with van der Waals surface area (Å²) in [5.74, 6) is -0.822. The third-order valence-corrected chi connectivity index (χ3v) is 3.46. The molecule has 0 aliphatic rings. The quantitative estimate of drug-likeness (QED) is 0.859. The van der Waals surface area contributed by atoms with Crippen LogP contribution < -0.4 is 10.9 Å². The van der Waals surface area contributed by atoms with Crippen LogP contribution in [0.2, 0.25) is 0 Å². The van der Waals surface area contributed by atoms with Crippen LogP contribution in [0.15, 0.2) is 22.6 Å². The molecule has 0 aromatic carbocycles. The average molecular weight is 321 g/mol. The van der Waals surface area contributed by atoms with Crippen LogP contribution in [0.25, 0.3) is 10.2 Å². The molecule has 0 aliphatic carbocycles. The summed E-state index contributed by atoms with van der Waals surface area (Å²) in [6, 6.07) is 1.55. The number of rotatable bonds is 4. The fourth-order valence-corrected chi connectivity index (χ4v) is 2.27. The van der Waals surface area contributed by atoms with Crippen LogP contribution in [-0.4, -0.2) is 39.4 Å². The standard InChI is InChI=1S/C11H10F3N3O3S/c12-11(13,14)7(18)3-15-8(19)4-17-5-16-9-6(10(17)20)1-2-21-9/h1-2,5,7,18H,3-4H2,(H,15,19). The minimum atomic E-state index is -4.80. The lowest BCUT2D eigenvalue weighted by Gasteiger charge is -2.15. The molecule has 0 saturated heterocycles. The number of amides is 1. The summed E-state index contributed by atoms with van der Waals surface area (Å²) in [6.45, 7) is -1.44. The molecule has 0 radical (unpaired) electrons. The summed E-state index contributed by atoms with van der Waals surface area (Å²) in [6.07, 6.45) is -6.29. The highest BCUT2D eigenvalue weighted by Crippen LogP contribution is 2.19. The molecule has 0 saturated carbocycles. The smallest absolute Gasteiger partial charge is 0.382 e. The number of fused-ring (bicyclic) bond motifs is 1. The molecule has 10 heteroatoms. The van der Waals surface area contributed by atoms with Crippen molar-refractivity contribution in [3.8, 4) is 0 Å². The summed E-state index contributed by atoms with van der Waals surface area (Å²) in [4.78, 5) is 27.9. The Hall–Kier alpha value is -1.94. The number of hydrogen-bond donors (Lipinski definition) is 2. The summed E-state index contributed by atoms with van der Waals surface area (Å²) in [5, 5.41) is 12.7. The molecule has 2 aromatic heterocycles. The highest BCUT2D eigenvalue weighted by atomic mass is 32.1. The predicted molar refractivity (Wildman–Crippen MR) is 69.0 cm³/mol. The van der Waals surface area contributed by atoms with Gasteiger partial charge >= 0.3 is 6.18 Å². The molecule has 2 N–H and O–H groups in total. The molecular formula is C11H10F3N3O3S. The number of alkyl halides is 3. The third-order valence-electron chi connectivity index (χ3n) is 2.63. The topological polar surface area (TPSA) is 84.2 Å². The normalized spacial score (nSPS) is 13.3. The zero-order valence-corrected chi connectivity index (χ0v) is 11.2. The minimum Gasteiger partial charge on any atom is -0.382 e. The molecule has 1 amide bonds. The largest absolute Gasteiger partial charge is 0.416 e. The van der Waals surface area contributed by atoms with Crippen molar-refractivity contribution in [3.63, 3.8) is 0 Å². The number of nitrogens with zero attached hydrogens (tertiary/aromatic N) is 2. The maximum Gasteiger partial charge on any atom is 0.416 e. The number of hydrogen-bond acceptors (Lipinski definition) is 5. The van der Waals surface area contributed by atoms with Crippen LogP contribution in [0.5, 0.6) is 0 Å². The Labute approximate surface area is 119 Å². The maximum atomic E-state index is 12.1. The average Bonchev–Trinajstić information content (AvgIpc) is 2.87. The first-order valence-corrected chi connectivity index (χ1v) is 6.61. The van der Waals surface area contributed by atoms with Gasteiger partial charge in [-0.3, -0.25) is 14.2 Å². The lowest BCUT2D eigenvalue weighted by atomic mass is 10.3. The molecule has 2 rings (SSSR count). The van der Waals surface area contributed by atoms with Gasteiger partial charge in [-0.15, -0.1) is 11.3 Å². The number of aliphatic hydroxyl groups excluding tert-OH is 1. The van der Waals surface area contributed by atoms with Gasteiger partial charge in [0.2, 0.25) is 5.91 Å². The number of halogens is 3. The van der Waals surface area contributed by atoms with Crippen LogP contribution in [-0.2, 0) is 11.3 Å². The molecule has 6 nitrogen and oxygen atoms in total. The van der Waals surface area contributed by atoms with Gasteiger partial charge in [-0.2, -0.15) is 13.2 Å². The lowest BCUT2D eigenvalue weighted by molar-refractivity contribution is -0.201. The Balaban J connectivity index is 2.02. The van der Waals surface area contributed by atoms with Crippen molar-refractivity contribution >= 4 is 27.5 Å². The second-order valence-electron chi connectivity index (χ2n) is 4.18. The van der Waals surface area contributed by atoms with Gasteiger partial charge in [0.15, 0.2) is 6.10 Å². The van der Waals surface area contributed by atoms with Gasteiger partial charge in [0.05, 0.1) is 18.3 Å². The number of carbonyl (C=O) groups excluding carboxylic acids is 1. The van der Waals surface area contributed by atoms with Gasteiger partial charge in [-0.05, 0) is 11.4 Å². The van der Waals surface area contributed by atoms with Crippen molar-refractivity contribution in [2.45, 2.75) is 18.8 Å². The summed E-state index contributed by atoms with van der Waals surface area (Å²) in [7, 11) is 0. The van der Waals surface area contributed by atoms with Crippen LogP contribution >= 0.6 is 11.3 Å². The van der Waals surface area contributed by atoms with Crippen LogP contribution in [0.1, 0.15) is 0 Å². The van der Waals surface area contributed by atoms with E-state index in [9.17, 15) is 22.8 Å². The number of nitrogens with one attached hydrogen (secondary N) is 1. The van der Waals surface area contributed by atoms with Gasteiger partial charge in [-0.25, -0.2) is 4.98 Å². The zero-order valence-electron chi connectivity index (χ0n) is 10.4. The van der Waals surface area contributed by atoms with Crippen molar-refractivity contribution in [3.05, 3.63) is 28.1 Å². The fraction of sp³-hybridized carbons (Fsp3) is 0.364. The first-order valence-electron chi connectivity index (χ1n) is 5.73. The number of thiophene rings is 1. The van der Waals surface area contributed by atoms with Crippen molar-refractivity contribution in [2.75, 3.05) is 6.54 Å². The van der Waals surface area contributed by atoms with E-state index in [1.54, 1.807) is 11.4 Å². The molecule has 114 valence electrons. The fourth-order valence-electron chi connectivity index (χ4n) is 1.54. The van der Waals surface area contributed by atoms with Gasteiger partial charge in [0.1, 0.15) is 11.4 Å². The highest BCUT2D eigenvalue weighted by Gasteiger charge is 2.38. The highest BCUT2D eigenvalue weighted by molar-refractivity contribution is 7.16. The van der Waals surface area contributed by atoms with Crippen LogP contribution in [0.4, 0.5) is 13.2 Å².